The summed E-state index contributed by atoms with van der Waals surface area (Å²) in [6, 6.07) is 8.65. The number of rotatable bonds is 2. The molecule has 142 valence electrons. The van der Waals surface area contributed by atoms with Gasteiger partial charge < -0.3 is 15.1 Å². The second-order valence-electron chi connectivity index (χ2n) is 6.55. The van der Waals surface area contributed by atoms with Gasteiger partial charge in [0.2, 0.25) is 5.95 Å². The highest BCUT2D eigenvalue weighted by Crippen LogP contribution is 2.19. The predicted molar refractivity (Wildman–Crippen MR) is 110 cm³/mol. The normalized spacial score (nSPS) is 16.3. The molecule has 1 aromatic carbocycles. The van der Waals surface area contributed by atoms with Crippen LogP contribution in [0.1, 0.15) is 16.8 Å². The summed E-state index contributed by atoms with van der Waals surface area (Å²) in [6.07, 6.45) is 0.763. The molecule has 0 bridgehead atoms. The quantitative estimate of drug-likeness (QED) is 0.809. The van der Waals surface area contributed by atoms with Crippen molar-refractivity contribution in [3.8, 4) is 0 Å². The average Bonchev–Trinajstić information content (AvgIpc) is 2.62. The average molecular weight is 398 g/mol. The molecule has 2 aromatic rings. The summed E-state index contributed by atoms with van der Waals surface area (Å²) in [6.45, 7) is 7.24. The largest absolute Gasteiger partial charge is 0.368 e. The van der Waals surface area contributed by atoms with Crippen molar-refractivity contribution in [2.75, 3.05) is 42.5 Å². The van der Waals surface area contributed by atoms with Crippen molar-refractivity contribution in [3.63, 3.8) is 0 Å². The Morgan fingerprint density at radius 3 is 2.35 bits per heavy atom. The van der Waals surface area contributed by atoms with E-state index >= 15 is 0 Å². The number of H-pyrrole nitrogens is 1. The maximum Gasteiger partial charge on any atom is 0.255 e. The van der Waals surface area contributed by atoms with E-state index in [2.05, 4.69) is 51.3 Å². The highest BCUT2D eigenvalue weighted by atomic mass is 35.5. The van der Waals surface area contributed by atoms with Gasteiger partial charge in [0.15, 0.2) is 0 Å². The fourth-order valence-electron chi connectivity index (χ4n) is 3.44. The molecule has 0 saturated carbocycles. The molecule has 26 heavy (non-hydrogen) atoms. The molecule has 2 aliphatic heterocycles. The lowest BCUT2D eigenvalue weighted by molar-refractivity contribution is 0.603. The predicted octanol–water partition coefficient (Wildman–Crippen LogP) is 1.89. The number of aryl methyl sites for hydroxylation is 1. The van der Waals surface area contributed by atoms with E-state index in [0.717, 1.165) is 50.4 Å². The van der Waals surface area contributed by atoms with Crippen molar-refractivity contribution in [1.29, 1.82) is 0 Å². The summed E-state index contributed by atoms with van der Waals surface area (Å²) in [5, 5.41) is 3.29. The Morgan fingerprint density at radius 2 is 1.65 bits per heavy atom. The van der Waals surface area contributed by atoms with Gasteiger partial charge in [-0.1, -0.05) is 17.7 Å². The van der Waals surface area contributed by atoms with Crippen molar-refractivity contribution in [2.45, 2.75) is 19.9 Å². The van der Waals surface area contributed by atoms with Crippen LogP contribution in [0.25, 0.3) is 0 Å². The Balaban J connectivity index is 0.00000121. The van der Waals surface area contributed by atoms with Crippen LogP contribution in [-0.4, -0.2) is 42.7 Å². The molecule has 0 aliphatic carbocycles. The molecular formula is C18H25Cl2N5O. The van der Waals surface area contributed by atoms with Gasteiger partial charge >= 0.3 is 0 Å². The Kier molecular flexibility index (Phi) is 6.92. The van der Waals surface area contributed by atoms with Gasteiger partial charge in [-0.2, -0.15) is 0 Å². The lowest BCUT2D eigenvalue weighted by atomic mass is 10.1. The third kappa shape index (κ3) is 4.14. The van der Waals surface area contributed by atoms with E-state index in [-0.39, 0.29) is 30.4 Å². The number of hydrogen-bond acceptors (Lipinski definition) is 5. The van der Waals surface area contributed by atoms with Crippen molar-refractivity contribution < 1.29 is 0 Å². The number of benzene rings is 1. The van der Waals surface area contributed by atoms with Crippen LogP contribution in [-0.2, 0) is 13.0 Å². The van der Waals surface area contributed by atoms with Crippen molar-refractivity contribution in [1.82, 2.24) is 15.3 Å². The van der Waals surface area contributed by atoms with Gasteiger partial charge in [-0.3, -0.25) is 9.78 Å². The van der Waals surface area contributed by atoms with Gasteiger partial charge in [0, 0.05) is 44.0 Å². The summed E-state index contributed by atoms with van der Waals surface area (Å²) in [5.41, 5.74) is 4.31. The third-order valence-corrected chi connectivity index (χ3v) is 4.91. The van der Waals surface area contributed by atoms with E-state index in [0.29, 0.717) is 12.5 Å². The monoisotopic (exact) mass is 397 g/mol. The van der Waals surface area contributed by atoms with E-state index in [9.17, 15) is 4.79 Å². The van der Waals surface area contributed by atoms with E-state index in [4.69, 9.17) is 4.98 Å². The minimum atomic E-state index is 0. The molecule has 3 heterocycles. The van der Waals surface area contributed by atoms with Crippen LogP contribution in [0.3, 0.4) is 0 Å². The third-order valence-electron chi connectivity index (χ3n) is 4.91. The minimum Gasteiger partial charge on any atom is -0.368 e. The smallest absolute Gasteiger partial charge is 0.255 e. The van der Waals surface area contributed by atoms with Crippen molar-refractivity contribution in [2.24, 2.45) is 0 Å². The Morgan fingerprint density at radius 1 is 1.00 bits per heavy atom. The molecule has 8 heteroatoms. The lowest BCUT2D eigenvalue weighted by Crippen LogP contribution is -2.48. The van der Waals surface area contributed by atoms with Crippen molar-refractivity contribution >= 4 is 36.4 Å². The first-order valence-corrected chi connectivity index (χ1v) is 8.60. The molecule has 4 rings (SSSR count). The number of piperazine rings is 1. The van der Waals surface area contributed by atoms with Crippen LogP contribution in [0, 0.1) is 6.92 Å². The SMILES string of the molecule is Cc1ccc(N2CCN(c3nc4c(c(=O)[nH]3)CCNC4)CC2)cc1.Cl.Cl. The summed E-state index contributed by atoms with van der Waals surface area (Å²) in [4.78, 5) is 24.5. The number of fused-ring (bicyclic) bond motifs is 1. The van der Waals surface area contributed by atoms with Crippen LogP contribution in [0.2, 0.25) is 0 Å². The van der Waals surface area contributed by atoms with Gasteiger partial charge in [0.25, 0.3) is 5.56 Å². The zero-order chi connectivity index (χ0) is 16.5. The molecule has 0 radical (unpaired) electrons. The van der Waals surface area contributed by atoms with Gasteiger partial charge in [0.1, 0.15) is 0 Å². The molecule has 0 amide bonds. The fourth-order valence-corrected chi connectivity index (χ4v) is 3.44. The zero-order valence-corrected chi connectivity index (χ0v) is 16.5. The van der Waals surface area contributed by atoms with E-state index in [1.54, 1.807) is 0 Å². The molecule has 0 spiro atoms. The lowest BCUT2D eigenvalue weighted by Gasteiger charge is -2.36. The molecule has 1 saturated heterocycles. The fraction of sp³-hybridized carbons (Fsp3) is 0.444. The number of hydrogen-bond donors (Lipinski definition) is 2. The number of aromatic amines is 1. The van der Waals surface area contributed by atoms with E-state index in [1.165, 1.54) is 11.3 Å². The van der Waals surface area contributed by atoms with Crippen LogP contribution in [0.15, 0.2) is 29.1 Å². The maximum atomic E-state index is 12.3. The summed E-state index contributed by atoms with van der Waals surface area (Å²) < 4.78 is 0. The second-order valence-corrected chi connectivity index (χ2v) is 6.55. The number of nitrogens with zero attached hydrogens (tertiary/aromatic N) is 3. The van der Waals surface area contributed by atoms with E-state index < -0.39 is 0 Å². The molecule has 2 N–H and O–H groups in total. The summed E-state index contributed by atoms with van der Waals surface area (Å²) >= 11 is 0. The number of anilines is 2. The van der Waals surface area contributed by atoms with Crippen molar-refractivity contribution in [3.05, 3.63) is 51.4 Å². The Hall–Kier alpha value is -1.76. The molecule has 1 fully saturated rings. The van der Waals surface area contributed by atoms with Crippen LogP contribution < -0.4 is 20.7 Å². The van der Waals surface area contributed by atoms with Gasteiger partial charge in [-0.25, -0.2) is 4.98 Å². The summed E-state index contributed by atoms with van der Waals surface area (Å²) in [7, 11) is 0. The first-order valence-electron chi connectivity index (χ1n) is 8.60. The Bertz CT molecular complexity index is 785. The maximum absolute atomic E-state index is 12.3. The molecular weight excluding hydrogens is 373 g/mol. The number of aromatic nitrogens is 2. The minimum absolute atomic E-state index is 0. The van der Waals surface area contributed by atoms with Crippen LogP contribution >= 0.6 is 24.8 Å². The van der Waals surface area contributed by atoms with E-state index in [1.807, 2.05) is 0 Å². The molecule has 1 aromatic heterocycles. The first-order chi connectivity index (χ1) is 11.7. The van der Waals surface area contributed by atoms with Crippen LogP contribution in [0.5, 0.6) is 0 Å². The second kappa shape index (κ2) is 8.75. The highest BCUT2D eigenvalue weighted by Gasteiger charge is 2.22. The van der Waals surface area contributed by atoms with Crippen LogP contribution in [0.4, 0.5) is 11.6 Å². The van der Waals surface area contributed by atoms with Gasteiger partial charge in [-0.05, 0) is 32.0 Å². The zero-order valence-electron chi connectivity index (χ0n) is 14.8. The van der Waals surface area contributed by atoms with Gasteiger partial charge in [-0.15, -0.1) is 24.8 Å². The number of halogens is 2. The number of nitrogens with one attached hydrogen (secondary N) is 2. The first kappa shape index (κ1) is 20.6. The topological polar surface area (TPSA) is 64.3 Å². The molecule has 0 atom stereocenters. The molecule has 2 aliphatic rings. The molecule has 6 nitrogen and oxygen atoms in total. The standard InChI is InChI=1S/C18H23N5O.2ClH/c1-13-2-4-14(5-3-13)22-8-10-23(11-9-22)18-20-16-12-19-7-6-15(16)17(24)21-18;;/h2-5,19H,6-12H2,1H3,(H,20,21,24);2*1H. The summed E-state index contributed by atoms with van der Waals surface area (Å²) in [5.74, 6) is 0.714. The highest BCUT2D eigenvalue weighted by molar-refractivity contribution is 5.85. The Labute approximate surface area is 165 Å². The molecule has 0 unspecified atom stereocenters. The van der Waals surface area contributed by atoms with Gasteiger partial charge in [0.05, 0.1) is 5.69 Å².